The number of aromatic nitrogens is 1. The Morgan fingerprint density at radius 3 is 1.70 bits per heavy atom. The highest BCUT2D eigenvalue weighted by Crippen LogP contribution is 2.45. The van der Waals surface area contributed by atoms with Gasteiger partial charge in [-0.25, -0.2) is 9.36 Å². The maximum atomic E-state index is 13.7. The van der Waals surface area contributed by atoms with E-state index >= 15 is 0 Å². The van der Waals surface area contributed by atoms with Crippen LogP contribution in [0.5, 0.6) is 5.75 Å². The van der Waals surface area contributed by atoms with E-state index in [1.54, 1.807) is 35.8 Å². The third kappa shape index (κ3) is 29.1. The van der Waals surface area contributed by atoms with Crippen LogP contribution in [-0.2, 0) is 51.2 Å². The highest BCUT2D eigenvalue weighted by molar-refractivity contribution is 9.10. The molecule has 1 aromatic heterocycles. The van der Waals surface area contributed by atoms with Crippen molar-refractivity contribution in [3.8, 4) is 5.75 Å². The van der Waals surface area contributed by atoms with Gasteiger partial charge in [0.15, 0.2) is 0 Å². The summed E-state index contributed by atoms with van der Waals surface area (Å²) >= 11 is 3.74. The molecule has 13 nitrogen and oxygen atoms in total. The van der Waals surface area contributed by atoms with Gasteiger partial charge in [-0.2, -0.15) is 0 Å². The number of fused-ring (bicyclic) bond motifs is 2. The minimum Gasteiger partial charge on any atom is -0.462 e. The Morgan fingerprint density at radius 1 is 0.620 bits per heavy atom. The number of carbonyl (C=O) groups is 6. The number of hydrogen-bond acceptors (Lipinski definition) is 11. The first kappa shape index (κ1) is 79.1. The second kappa shape index (κ2) is 46.7. The van der Waals surface area contributed by atoms with Crippen molar-refractivity contribution in [1.29, 1.82) is 0 Å². The first-order chi connectivity index (χ1) is 44.6. The van der Waals surface area contributed by atoms with Crippen molar-refractivity contribution < 1.29 is 47.7 Å². The number of nitrogens with zero attached hydrogens (tertiary/aromatic N) is 3. The van der Waals surface area contributed by atoms with Crippen molar-refractivity contribution in [2.75, 3.05) is 33.3 Å². The fourth-order valence-electron chi connectivity index (χ4n) is 12.3. The number of ether oxygens (including phenoxy) is 4. The van der Waals surface area contributed by atoms with E-state index < -0.39 is 24.1 Å². The van der Waals surface area contributed by atoms with Crippen LogP contribution in [0.15, 0.2) is 77.4 Å². The van der Waals surface area contributed by atoms with Crippen LogP contribution in [0.3, 0.4) is 0 Å². The molecule has 0 bridgehead atoms. The van der Waals surface area contributed by atoms with E-state index in [9.17, 15) is 28.8 Å². The molecule has 14 heteroatoms. The number of hydrogen-bond donors (Lipinski definition) is 0. The van der Waals surface area contributed by atoms with Gasteiger partial charge < -0.3 is 23.8 Å². The van der Waals surface area contributed by atoms with Gasteiger partial charge in [-0.05, 0) is 167 Å². The Bertz CT molecular complexity index is 2720. The van der Waals surface area contributed by atoms with Crippen molar-refractivity contribution in [2.24, 2.45) is 17.8 Å². The Morgan fingerprint density at radius 2 is 1.15 bits per heavy atom. The average Bonchev–Trinajstić information content (AvgIpc) is 1.53. The van der Waals surface area contributed by atoms with E-state index in [0.717, 1.165) is 79.0 Å². The largest absolute Gasteiger partial charge is 0.462 e. The fourth-order valence-corrected chi connectivity index (χ4v) is 13.0. The molecule has 0 radical (unpaired) electrons. The number of carbonyl (C=O) groups excluding carboxylic acids is 6. The first-order valence-corrected chi connectivity index (χ1v) is 37.1. The fraction of sp³-hybridized carbons (Fsp3) is 0.667. The molecule has 0 saturated heterocycles. The summed E-state index contributed by atoms with van der Waals surface area (Å²) in [7, 11) is 2.06. The van der Waals surface area contributed by atoms with Crippen molar-refractivity contribution in [3.05, 3.63) is 94.1 Å². The summed E-state index contributed by atoms with van der Waals surface area (Å²) in [4.78, 5) is 80.9. The van der Waals surface area contributed by atoms with Gasteiger partial charge in [-0.3, -0.25) is 28.9 Å². The number of allylic oxidation sites excluding steroid dienone is 4. The smallest absolute Gasteiger partial charge is 0.419 e. The van der Waals surface area contributed by atoms with Gasteiger partial charge in [-0.15, -0.1) is 0 Å². The molecule has 5 atom stereocenters. The molecule has 0 fully saturated rings. The second-order valence-electron chi connectivity index (χ2n) is 26.0. The lowest BCUT2D eigenvalue weighted by atomic mass is 9.79. The van der Waals surface area contributed by atoms with Gasteiger partial charge in [0.25, 0.3) is 0 Å². The monoisotopic (exact) mass is 1340 g/mol. The molecular formula is C78H120BrN3O10. The van der Waals surface area contributed by atoms with E-state index in [4.69, 9.17) is 18.9 Å². The molecule has 1 aliphatic carbocycles. The lowest BCUT2D eigenvalue weighted by molar-refractivity contribution is -0.160. The predicted molar refractivity (Wildman–Crippen MR) is 380 cm³/mol. The minimum atomic E-state index is -0.549. The van der Waals surface area contributed by atoms with Crippen LogP contribution in [0.4, 0.5) is 4.79 Å². The molecular weight excluding hydrogens is 1220 g/mol. The zero-order valence-corrected chi connectivity index (χ0v) is 60.1. The Labute approximate surface area is 564 Å². The third-order valence-electron chi connectivity index (χ3n) is 18.3. The molecule has 514 valence electrons. The lowest BCUT2D eigenvalue weighted by Gasteiger charge is -2.40. The number of unbranched alkanes of at least 4 members (excludes halogenated alkanes) is 22. The molecule has 1 aliphatic heterocycles. The number of rotatable bonds is 46. The maximum Gasteiger partial charge on any atom is 0.419 e. The predicted octanol–water partition coefficient (Wildman–Crippen LogP) is 20.2. The summed E-state index contributed by atoms with van der Waals surface area (Å²) in [6.07, 6.45) is 46.4. The zero-order valence-electron chi connectivity index (χ0n) is 58.5. The van der Waals surface area contributed by atoms with Crippen LogP contribution in [0.25, 0.3) is 16.5 Å². The quantitative estimate of drug-likeness (QED) is 0.0175. The number of amides is 1. The summed E-state index contributed by atoms with van der Waals surface area (Å²) in [6, 6.07) is 12.7. The van der Waals surface area contributed by atoms with E-state index in [1.165, 1.54) is 128 Å². The number of benzene rings is 2. The third-order valence-corrected chi connectivity index (χ3v) is 19.1. The highest BCUT2D eigenvalue weighted by atomic mass is 79.9. The molecule has 1 amide bonds. The van der Waals surface area contributed by atoms with E-state index in [0.29, 0.717) is 60.6 Å². The molecule has 2 aliphatic rings. The summed E-state index contributed by atoms with van der Waals surface area (Å²) in [5.74, 6) is -0.617. The summed E-state index contributed by atoms with van der Waals surface area (Å²) in [6.45, 7) is 18.3. The molecule has 5 unspecified atom stereocenters. The lowest BCUT2D eigenvalue weighted by Crippen LogP contribution is -2.47. The summed E-state index contributed by atoms with van der Waals surface area (Å²) < 4.78 is 24.6. The van der Waals surface area contributed by atoms with E-state index in [1.807, 2.05) is 37.8 Å². The Balaban J connectivity index is 0.000000664. The number of esters is 3. The second-order valence-corrected chi connectivity index (χ2v) is 26.8. The van der Waals surface area contributed by atoms with Crippen LogP contribution in [-0.4, -0.2) is 95.5 Å². The molecule has 0 N–H and O–H groups in total. The first-order valence-electron chi connectivity index (χ1n) is 36.3. The molecule has 0 spiro atoms. The molecule has 0 saturated carbocycles. The zero-order chi connectivity index (χ0) is 66.9. The number of Topliss-reactive ketones (excluding diaryl/α,β-unsaturated/α-hetero) is 1. The topological polar surface area (TPSA) is 151 Å². The number of ketones is 1. The number of halogens is 1. The van der Waals surface area contributed by atoms with Crippen LogP contribution in [0.2, 0.25) is 0 Å². The van der Waals surface area contributed by atoms with Crippen molar-refractivity contribution in [1.82, 2.24) is 14.4 Å². The van der Waals surface area contributed by atoms with Gasteiger partial charge in [0.2, 0.25) is 5.91 Å². The van der Waals surface area contributed by atoms with Crippen molar-refractivity contribution in [3.63, 3.8) is 0 Å². The van der Waals surface area contributed by atoms with Gasteiger partial charge in [0.05, 0.1) is 16.0 Å². The van der Waals surface area contributed by atoms with Crippen LogP contribution in [0, 0.1) is 17.8 Å². The van der Waals surface area contributed by atoms with E-state index in [2.05, 4.69) is 92.0 Å². The van der Waals surface area contributed by atoms with Gasteiger partial charge >= 0.3 is 24.0 Å². The highest BCUT2D eigenvalue weighted by Gasteiger charge is 2.39. The molecule has 2 aromatic carbocycles. The van der Waals surface area contributed by atoms with Crippen LogP contribution < -0.4 is 4.74 Å². The standard InChI is InChI=1S/C56H78BrN3O9.C22H42O/c1-7-11-12-13-14-15-16-17-18-19-20-21-22-23-24-28-50(61)66-39-43(8-2)68-51(62)33-40(5)34-52(63)69-44-31-29-41(30-32-44)38-67-56(65)60-48-27-25-26-45-46-35-42(55(64)59(9-3)10-4)37-58(6)49(46)36-47(53(45)48)54(60)57;1-4-6-7-8-9-10-11-12-13-14-15-16-17-18-19-20-22(23)21(3)5-2/h17-18,25-27,29-32,35,40,42-43,49H,7-16,19-24,28,33-34,36-39H2,1-6H3;12-13,21H,4-11,14-20H2,1-3H3/b18-17-;13-12-. The number of likely N-dealkylation sites (N-methyl/N-ethyl adjacent to an activating group) is 1. The maximum absolute atomic E-state index is 13.7. The normalized spacial score (nSPS) is 15.5. The molecule has 2 heterocycles. The Hall–Kier alpha value is -5.34. The van der Waals surface area contributed by atoms with Gasteiger partial charge in [-0.1, -0.05) is 199 Å². The van der Waals surface area contributed by atoms with Gasteiger partial charge in [0.1, 0.15) is 30.9 Å². The van der Waals surface area contributed by atoms with Crippen molar-refractivity contribution >= 4 is 68.1 Å². The minimum absolute atomic E-state index is 0.00292. The SMILES string of the molecule is CCCCCCCC/C=C\CCCCCCCC(=O)C(C)CC.CCCCCCCC/C=C\CCCCCCCC(=O)OCC(CC)OC(=O)CC(C)CC(=O)Oc1ccc(COC(=O)n2c(Br)c3c4c(cccc42)C2=CC(C(=O)N(CC)CC)CN(C)C2C3)cc1. The molecule has 5 rings (SSSR count). The molecule has 92 heavy (non-hydrogen) atoms. The van der Waals surface area contributed by atoms with Gasteiger partial charge in [0, 0.05) is 62.7 Å². The average molecular weight is 1340 g/mol. The Kier molecular flexibility index (Phi) is 40.2. The summed E-state index contributed by atoms with van der Waals surface area (Å²) in [5.41, 5.74) is 4.60. The van der Waals surface area contributed by atoms with E-state index in [-0.39, 0.29) is 61.7 Å². The van der Waals surface area contributed by atoms with Crippen molar-refractivity contribution in [2.45, 2.75) is 286 Å². The van der Waals surface area contributed by atoms with Crippen LogP contribution >= 0.6 is 15.9 Å². The summed E-state index contributed by atoms with van der Waals surface area (Å²) in [5, 5.41) is 0.979. The van der Waals surface area contributed by atoms with Crippen LogP contribution in [0.1, 0.15) is 278 Å². The molecule has 3 aromatic rings.